The van der Waals surface area contributed by atoms with Crippen LogP contribution in [0.1, 0.15) is 12.8 Å². The first-order chi connectivity index (χ1) is 10.7. The number of amides is 1. The minimum absolute atomic E-state index is 0.0153. The van der Waals surface area contributed by atoms with Gasteiger partial charge in [0.1, 0.15) is 0 Å². The van der Waals surface area contributed by atoms with Gasteiger partial charge in [-0.1, -0.05) is 12.1 Å². The number of nitrogens with one attached hydrogen (secondary N) is 1. The number of hydrogen-bond acceptors (Lipinski definition) is 4. The molecule has 1 amide bonds. The largest absolute Gasteiger partial charge is 0.501 e. The Bertz CT molecular complexity index is 689. The topological polar surface area (TPSA) is 66.5 Å². The monoisotopic (exact) mass is 350 g/mol. The molecule has 1 saturated heterocycles. The molecular formula is C14H17F3N2O3S. The fraction of sp³-hybridized carbons (Fsp3) is 0.500. The van der Waals surface area contributed by atoms with Crippen molar-refractivity contribution in [3.63, 3.8) is 0 Å². The quantitative estimate of drug-likeness (QED) is 0.905. The molecule has 5 nitrogen and oxygen atoms in total. The molecule has 128 valence electrons. The van der Waals surface area contributed by atoms with Crippen molar-refractivity contribution in [3.05, 3.63) is 24.3 Å². The van der Waals surface area contributed by atoms with Crippen LogP contribution in [0.3, 0.4) is 0 Å². The van der Waals surface area contributed by atoms with Gasteiger partial charge >= 0.3 is 5.51 Å². The fourth-order valence-electron chi connectivity index (χ4n) is 2.68. The lowest BCUT2D eigenvalue weighted by atomic mass is 9.97. The molecule has 0 spiro atoms. The molecule has 0 unspecified atom stereocenters. The van der Waals surface area contributed by atoms with Gasteiger partial charge in [0.2, 0.25) is 5.91 Å². The van der Waals surface area contributed by atoms with E-state index in [0.29, 0.717) is 19.4 Å². The number of hydrogen-bond donors (Lipinski definition) is 1. The summed E-state index contributed by atoms with van der Waals surface area (Å²) in [5.41, 5.74) is -5.38. The van der Waals surface area contributed by atoms with Gasteiger partial charge in [-0.05, 0) is 25.0 Å². The predicted molar refractivity (Wildman–Crippen MR) is 78.7 cm³/mol. The molecular weight excluding hydrogens is 333 g/mol. The Labute approximate surface area is 132 Å². The molecule has 0 radical (unpaired) electrons. The van der Waals surface area contributed by atoms with Crippen LogP contribution in [0.15, 0.2) is 29.2 Å². The SMILES string of the molecule is CNC(=O)[C@H]1CCCN(c2ccccc2S(=O)(=O)C(F)(F)F)C1. The predicted octanol–water partition coefficient (Wildman–Crippen LogP) is 1.94. The van der Waals surface area contributed by atoms with Crippen molar-refractivity contribution in [2.24, 2.45) is 5.92 Å². The second-order valence-corrected chi connectivity index (χ2v) is 7.23. The van der Waals surface area contributed by atoms with Crippen LogP contribution >= 0.6 is 0 Å². The number of nitrogens with zero attached hydrogens (tertiary/aromatic N) is 1. The summed E-state index contributed by atoms with van der Waals surface area (Å²) < 4.78 is 62.1. The van der Waals surface area contributed by atoms with E-state index in [1.54, 1.807) is 0 Å². The summed E-state index contributed by atoms with van der Waals surface area (Å²) in [7, 11) is -3.95. The van der Waals surface area contributed by atoms with Crippen LogP contribution in [0.2, 0.25) is 0 Å². The van der Waals surface area contributed by atoms with E-state index in [1.807, 2.05) is 0 Å². The molecule has 1 aliphatic rings. The van der Waals surface area contributed by atoms with Crippen molar-refractivity contribution in [1.82, 2.24) is 5.32 Å². The first-order valence-corrected chi connectivity index (χ1v) is 8.53. The standard InChI is InChI=1S/C14H17F3N2O3S/c1-18-13(20)10-5-4-8-19(9-10)11-6-2-3-7-12(11)23(21,22)14(15,16)17/h2-3,6-7,10H,4-5,8-9H2,1H3,(H,18,20)/t10-/m0/s1. The third-order valence-corrected chi connectivity index (χ3v) is 5.37. The van der Waals surface area contributed by atoms with Crippen molar-refractivity contribution in [2.75, 3.05) is 25.0 Å². The Hall–Kier alpha value is -1.77. The maximum Gasteiger partial charge on any atom is 0.501 e. The van der Waals surface area contributed by atoms with E-state index < -0.39 is 20.2 Å². The zero-order valence-electron chi connectivity index (χ0n) is 12.4. The first kappa shape index (κ1) is 17.6. The number of para-hydroxylation sites is 1. The number of piperidine rings is 1. The molecule has 9 heteroatoms. The molecule has 1 aromatic carbocycles. The number of anilines is 1. The van der Waals surface area contributed by atoms with Crippen molar-refractivity contribution in [2.45, 2.75) is 23.2 Å². The molecule has 1 fully saturated rings. The third-order valence-electron chi connectivity index (χ3n) is 3.84. The molecule has 1 aliphatic heterocycles. The maximum atomic E-state index is 12.9. The molecule has 1 atom stereocenters. The molecule has 1 aromatic rings. The summed E-state index contributed by atoms with van der Waals surface area (Å²) in [6, 6.07) is 5.02. The first-order valence-electron chi connectivity index (χ1n) is 7.05. The lowest BCUT2D eigenvalue weighted by Crippen LogP contribution is -2.42. The van der Waals surface area contributed by atoms with Crippen LogP contribution < -0.4 is 10.2 Å². The van der Waals surface area contributed by atoms with Crippen LogP contribution in [0, 0.1) is 5.92 Å². The molecule has 2 rings (SSSR count). The van der Waals surface area contributed by atoms with Crippen molar-refractivity contribution >= 4 is 21.4 Å². The van der Waals surface area contributed by atoms with Gasteiger partial charge in [-0.15, -0.1) is 0 Å². The van der Waals surface area contributed by atoms with Gasteiger partial charge < -0.3 is 10.2 Å². The second kappa shape index (κ2) is 6.38. The van der Waals surface area contributed by atoms with E-state index in [0.717, 1.165) is 6.07 Å². The van der Waals surface area contributed by atoms with Crippen LogP contribution in [0.25, 0.3) is 0 Å². The number of alkyl halides is 3. The van der Waals surface area contributed by atoms with Gasteiger partial charge in [0, 0.05) is 20.1 Å². The minimum atomic E-state index is -5.44. The number of halogens is 3. The van der Waals surface area contributed by atoms with Gasteiger partial charge in [-0.25, -0.2) is 8.42 Å². The number of benzene rings is 1. The van der Waals surface area contributed by atoms with E-state index in [4.69, 9.17) is 0 Å². The Morgan fingerprint density at radius 2 is 1.96 bits per heavy atom. The molecule has 0 bridgehead atoms. The molecule has 1 heterocycles. The summed E-state index contributed by atoms with van der Waals surface area (Å²) >= 11 is 0. The smallest absolute Gasteiger partial charge is 0.370 e. The van der Waals surface area contributed by atoms with E-state index in [-0.39, 0.29) is 24.1 Å². The molecule has 0 saturated carbocycles. The highest BCUT2D eigenvalue weighted by Crippen LogP contribution is 2.37. The highest BCUT2D eigenvalue weighted by atomic mass is 32.2. The summed E-state index contributed by atoms with van der Waals surface area (Å²) in [4.78, 5) is 12.5. The number of sulfone groups is 1. The minimum Gasteiger partial charge on any atom is -0.370 e. The van der Waals surface area contributed by atoms with Gasteiger partial charge in [0.15, 0.2) is 0 Å². The van der Waals surface area contributed by atoms with Crippen molar-refractivity contribution < 1.29 is 26.4 Å². The van der Waals surface area contributed by atoms with Gasteiger partial charge in [-0.3, -0.25) is 4.79 Å². The van der Waals surface area contributed by atoms with Crippen LogP contribution in [0.4, 0.5) is 18.9 Å². The Morgan fingerprint density at radius 3 is 2.57 bits per heavy atom. The van der Waals surface area contributed by atoms with Crippen LogP contribution in [-0.2, 0) is 14.6 Å². The molecule has 0 aromatic heterocycles. The average Bonchev–Trinajstić information content (AvgIpc) is 2.53. The summed E-state index contributed by atoms with van der Waals surface area (Å²) in [6.07, 6.45) is 1.21. The van der Waals surface area contributed by atoms with Gasteiger partial charge in [0.25, 0.3) is 9.84 Å². The van der Waals surface area contributed by atoms with E-state index in [9.17, 15) is 26.4 Å². The third kappa shape index (κ3) is 3.44. The maximum absolute atomic E-state index is 12.9. The van der Waals surface area contributed by atoms with E-state index in [1.165, 1.54) is 30.1 Å². The summed E-state index contributed by atoms with van der Waals surface area (Å²) in [5.74, 6) is -0.582. The van der Waals surface area contributed by atoms with Gasteiger partial charge in [-0.2, -0.15) is 13.2 Å². The zero-order chi connectivity index (χ0) is 17.3. The highest BCUT2D eigenvalue weighted by molar-refractivity contribution is 7.92. The van der Waals surface area contributed by atoms with Crippen LogP contribution in [0.5, 0.6) is 0 Å². The van der Waals surface area contributed by atoms with E-state index in [2.05, 4.69) is 5.32 Å². The molecule has 23 heavy (non-hydrogen) atoms. The van der Waals surface area contributed by atoms with Gasteiger partial charge in [0.05, 0.1) is 16.5 Å². The number of rotatable bonds is 3. The number of carbonyl (C=O) groups excluding carboxylic acids is 1. The Kier molecular flexibility index (Phi) is 4.88. The zero-order valence-corrected chi connectivity index (χ0v) is 13.2. The highest BCUT2D eigenvalue weighted by Gasteiger charge is 2.48. The fourth-order valence-corrected chi connectivity index (χ4v) is 3.66. The summed E-state index contributed by atoms with van der Waals surface area (Å²) in [6.45, 7) is 0.585. The summed E-state index contributed by atoms with van der Waals surface area (Å²) in [5, 5.41) is 2.51. The lowest BCUT2D eigenvalue weighted by Gasteiger charge is -2.34. The number of carbonyl (C=O) groups is 1. The van der Waals surface area contributed by atoms with E-state index >= 15 is 0 Å². The van der Waals surface area contributed by atoms with Crippen molar-refractivity contribution in [1.29, 1.82) is 0 Å². The average molecular weight is 350 g/mol. The van der Waals surface area contributed by atoms with Crippen molar-refractivity contribution in [3.8, 4) is 0 Å². The van der Waals surface area contributed by atoms with Crippen LogP contribution in [-0.4, -0.2) is 40.0 Å². The Balaban J connectivity index is 2.40. The molecule has 1 N–H and O–H groups in total. The molecule has 0 aliphatic carbocycles. The Morgan fingerprint density at radius 1 is 1.30 bits per heavy atom. The second-order valence-electron chi connectivity index (χ2n) is 5.32. The lowest BCUT2D eigenvalue weighted by molar-refractivity contribution is -0.124. The normalized spacial score (nSPS) is 19.5.